The predicted octanol–water partition coefficient (Wildman–Crippen LogP) is 4.32. The Kier molecular flexibility index (Phi) is 6.79. The van der Waals surface area contributed by atoms with Crippen molar-refractivity contribution in [2.75, 3.05) is 19.1 Å². The van der Waals surface area contributed by atoms with Crippen molar-refractivity contribution in [3.8, 4) is 5.69 Å². The number of nitrogens with zero attached hydrogens (tertiary/aromatic N) is 3. The summed E-state index contributed by atoms with van der Waals surface area (Å²) in [6.07, 6.45) is 0. The van der Waals surface area contributed by atoms with Crippen LogP contribution in [0.15, 0.2) is 88.8 Å². The Balaban J connectivity index is 1.79. The summed E-state index contributed by atoms with van der Waals surface area (Å²) < 4.78 is 6.29. The van der Waals surface area contributed by atoms with Gasteiger partial charge < -0.3 is 9.64 Å². The number of carbonyl (C=O) groups excluding carboxylic acids is 2. The average molecular weight is 474 g/mol. The molecule has 4 aromatic rings. The van der Waals surface area contributed by atoms with Gasteiger partial charge in [-0.05, 0) is 49.4 Å². The topological polar surface area (TPSA) is 81.5 Å². The molecule has 1 unspecified atom stereocenters. The third-order valence-corrected chi connectivity index (χ3v) is 6.42. The van der Waals surface area contributed by atoms with Crippen molar-refractivity contribution in [2.45, 2.75) is 17.3 Å². The third-order valence-electron chi connectivity index (χ3n) is 5.38. The predicted molar refractivity (Wildman–Crippen MR) is 134 cm³/mol. The lowest BCUT2D eigenvalue weighted by atomic mass is 10.1. The van der Waals surface area contributed by atoms with Gasteiger partial charge in [-0.25, -0.2) is 9.78 Å². The van der Waals surface area contributed by atoms with Gasteiger partial charge in [-0.2, -0.15) is 0 Å². The molecule has 1 amide bonds. The normalized spacial score (nSPS) is 11.7. The van der Waals surface area contributed by atoms with Crippen molar-refractivity contribution in [3.63, 3.8) is 0 Å². The lowest BCUT2D eigenvalue weighted by molar-refractivity contribution is -0.117. The third kappa shape index (κ3) is 4.58. The van der Waals surface area contributed by atoms with E-state index in [2.05, 4.69) is 0 Å². The molecule has 0 saturated carbocycles. The fourth-order valence-corrected chi connectivity index (χ4v) is 4.57. The summed E-state index contributed by atoms with van der Waals surface area (Å²) in [5.41, 5.74) is 1.78. The molecule has 1 atom stereocenters. The van der Waals surface area contributed by atoms with E-state index in [1.54, 1.807) is 31.0 Å². The highest BCUT2D eigenvalue weighted by atomic mass is 32.2. The number of hydrogen-bond donors (Lipinski definition) is 0. The summed E-state index contributed by atoms with van der Waals surface area (Å²) in [7, 11) is 3.01. The van der Waals surface area contributed by atoms with Crippen LogP contribution in [0.25, 0.3) is 16.6 Å². The second kappa shape index (κ2) is 9.93. The first-order valence-corrected chi connectivity index (χ1v) is 11.5. The van der Waals surface area contributed by atoms with Crippen LogP contribution in [0.1, 0.15) is 17.3 Å². The van der Waals surface area contributed by atoms with E-state index in [0.29, 0.717) is 27.3 Å². The fraction of sp³-hybridized carbons (Fsp3) is 0.154. The van der Waals surface area contributed by atoms with Crippen molar-refractivity contribution in [2.24, 2.45) is 0 Å². The Labute approximate surface area is 201 Å². The largest absolute Gasteiger partial charge is 0.465 e. The van der Waals surface area contributed by atoms with E-state index in [1.165, 1.54) is 29.5 Å². The number of methoxy groups -OCH3 is 1. The fourth-order valence-electron chi connectivity index (χ4n) is 3.55. The number of esters is 1. The molecule has 0 aliphatic carbocycles. The van der Waals surface area contributed by atoms with Crippen molar-refractivity contribution >= 4 is 40.2 Å². The van der Waals surface area contributed by atoms with Gasteiger partial charge in [-0.15, -0.1) is 0 Å². The number of ether oxygens (including phenoxy) is 1. The maximum absolute atomic E-state index is 13.5. The Bertz CT molecular complexity index is 1400. The molecule has 8 heteroatoms. The summed E-state index contributed by atoms with van der Waals surface area (Å²) >= 11 is 1.19. The van der Waals surface area contributed by atoms with Crippen LogP contribution in [-0.4, -0.2) is 40.8 Å². The average Bonchev–Trinajstić information content (AvgIpc) is 2.88. The number of rotatable bonds is 6. The van der Waals surface area contributed by atoms with E-state index in [4.69, 9.17) is 9.72 Å². The number of carbonyl (C=O) groups is 2. The number of hydrogen-bond acceptors (Lipinski definition) is 6. The highest BCUT2D eigenvalue weighted by molar-refractivity contribution is 8.00. The molecule has 0 bridgehead atoms. The quantitative estimate of drug-likeness (QED) is 0.236. The number of fused-ring (bicyclic) bond motifs is 1. The molecular weight excluding hydrogens is 450 g/mol. The number of aromatic nitrogens is 2. The Morgan fingerprint density at radius 2 is 1.65 bits per heavy atom. The molecule has 172 valence electrons. The van der Waals surface area contributed by atoms with Crippen LogP contribution < -0.4 is 10.5 Å². The highest BCUT2D eigenvalue weighted by Gasteiger charge is 2.24. The first-order valence-electron chi connectivity index (χ1n) is 10.6. The monoisotopic (exact) mass is 473 g/mol. The second-order valence-corrected chi connectivity index (χ2v) is 8.89. The molecule has 7 nitrogen and oxygen atoms in total. The van der Waals surface area contributed by atoms with Crippen LogP contribution >= 0.6 is 11.8 Å². The standard InChI is InChI=1S/C26H23N3O4S/c1-17(23(30)28(2)19-10-6-4-7-11-19)34-26-27-22-16-18(25(32)33-3)14-15-21(22)24(31)29(26)20-12-8-5-9-13-20/h4-17H,1-3H3. The molecule has 0 saturated heterocycles. The Morgan fingerprint density at radius 3 is 2.29 bits per heavy atom. The Hall–Kier alpha value is -3.91. The van der Waals surface area contributed by atoms with Gasteiger partial charge in [-0.3, -0.25) is 14.2 Å². The maximum Gasteiger partial charge on any atom is 0.337 e. The van der Waals surface area contributed by atoms with E-state index < -0.39 is 11.2 Å². The lowest BCUT2D eigenvalue weighted by Crippen LogP contribution is -2.33. The van der Waals surface area contributed by atoms with E-state index in [0.717, 1.165) is 5.69 Å². The number of benzene rings is 3. The smallest absolute Gasteiger partial charge is 0.337 e. The van der Waals surface area contributed by atoms with Crippen molar-refractivity contribution in [1.29, 1.82) is 0 Å². The van der Waals surface area contributed by atoms with Gasteiger partial charge in [0.1, 0.15) is 0 Å². The zero-order valence-corrected chi connectivity index (χ0v) is 19.8. The van der Waals surface area contributed by atoms with Crippen LogP contribution in [0.5, 0.6) is 0 Å². The minimum atomic E-state index is -0.534. The minimum absolute atomic E-state index is 0.131. The molecule has 34 heavy (non-hydrogen) atoms. The first kappa shape index (κ1) is 23.3. The van der Waals surface area contributed by atoms with E-state index in [9.17, 15) is 14.4 Å². The molecule has 4 rings (SSSR count). The van der Waals surface area contributed by atoms with Gasteiger partial charge in [0.15, 0.2) is 5.16 Å². The van der Waals surface area contributed by atoms with Gasteiger partial charge in [0, 0.05) is 12.7 Å². The second-order valence-electron chi connectivity index (χ2n) is 7.59. The molecule has 0 aliphatic rings. The molecule has 0 aliphatic heterocycles. The van der Waals surface area contributed by atoms with Gasteiger partial charge in [0.25, 0.3) is 5.56 Å². The van der Waals surface area contributed by atoms with E-state index in [-0.39, 0.29) is 11.5 Å². The number of para-hydroxylation sites is 2. The van der Waals surface area contributed by atoms with Crippen LogP contribution in [0.4, 0.5) is 5.69 Å². The summed E-state index contributed by atoms with van der Waals surface area (Å²) in [6.45, 7) is 1.78. The highest BCUT2D eigenvalue weighted by Crippen LogP contribution is 2.27. The van der Waals surface area contributed by atoms with E-state index >= 15 is 0 Å². The minimum Gasteiger partial charge on any atom is -0.465 e. The van der Waals surface area contributed by atoms with Crippen molar-refractivity contribution in [1.82, 2.24) is 9.55 Å². The summed E-state index contributed by atoms with van der Waals surface area (Å²) in [4.78, 5) is 44.9. The molecule has 0 fully saturated rings. The summed E-state index contributed by atoms with van der Waals surface area (Å²) in [5, 5.41) is 0.183. The summed E-state index contributed by atoms with van der Waals surface area (Å²) in [5.74, 6) is -0.647. The van der Waals surface area contributed by atoms with Gasteiger partial charge in [0.05, 0.1) is 34.5 Å². The van der Waals surface area contributed by atoms with Gasteiger partial charge >= 0.3 is 5.97 Å². The van der Waals surface area contributed by atoms with Crippen LogP contribution in [-0.2, 0) is 9.53 Å². The first-order chi connectivity index (χ1) is 16.4. The van der Waals surface area contributed by atoms with Crippen LogP contribution in [0, 0.1) is 0 Å². The SMILES string of the molecule is COC(=O)c1ccc2c(=O)n(-c3ccccc3)c(SC(C)C(=O)N(C)c3ccccc3)nc2c1. The maximum atomic E-state index is 13.5. The van der Waals surface area contributed by atoms with Crippen molar-refractivity contribution in [3.05, 3.63) is 94.8 Å². The number of anilines is 1. The van der Waals surface area contributed by atoms with Crippen molar-refractivity contribution < 1.29 is 14.3 Å². The molecule has 3 aromatic carbocycles. The molecule has 0 radical (unpaired) electrons. The Morgan fingerprint density at radius 1 is 1.00 bits per heavy atom. The van der Waals surface area contributed by atoms with Gasteiger partial charge in [-0.1, -0.05) is 48.2 Å². The molecule has 1 heterocycles. The van der Waals surface area contributed by atoms with Crippen LogP contribution in [0.3, 0.4) is 0 Å². The molecule has 0 spiro atoms. The molecule has 1 aromatic heterocycles. The zero-order chi connectivity index (χ0) is 24.2. The number of thioether (sulfide) groups is 1. The van der Waals surface area contributed by atoms with E-state index in [1.807, 2.05) is 60.7 Å². The molecular formula is C26H23N3O4S. The van der Waals surface area contributed by atoms with Crippen LogP contribution in [0.2, 0.25) is 0 Å². The lowest BCUT2D eigenvalue weighted by Gasteiger charge is -2.22. The van der Waals surface area contributed by atoms with Gasteiger partial charge in [0.2, 0.25) is 5.91 Å². The number of amides is 1. The zero-order valence-electron chi connectivity index (χ0n) is 19.0. The molecule has 0 N–H and O–H groups in total. The summed E-state index contributed by atoms with van der Waals surface area (Å²) in [6, 6.07) is 23.1.